The zero-order chi connectivity index (χ0) is 16.7. The molecule has 0 aromatic heterocycles. The van der Waals surface area contributed by atoms with Crippen molar-refractivity contribution >= 4 is 11.9 Å². The van der Waals surface area contributed by atoms with Gasteiger partial charge in [0.2, 0.25) is 0 Å². The average molecular weight is 306 g/mol. The van der Waals surface area contributed by atoms with Crippen molar-refractivity contribution in [1.82, 2.24) is 10.6 Å². The number of amides is 3. The number of benzene rings is 1. The van der Waals surface area contributed by atoms with Gasteiger partial charge in [-0.1, -0.05) is 45.0 Å². The van der Waals surface area contributed by atoms with E-state index in [0.717, 1.165) is 6.42 Å². The van der Waals surface area contributed by atoms with E-state index in [1.54, 1.807) is 0 Å². The molecule has 2 atom stereocenters. The summed E-state index contributed by atoms with van der Waals surface area (Å²) in [6, 6.07) is 7.89. The highest BCUT2D eigenvalue weighted by atomic mass is 16.2. The summed E-state index contributed by atoms with van der Waals surface area (Å²) in [7, 11) is 1.49. The number of hydrogen-bond acceptors (Lipinski definition) is 2. The van der Waals surface area contributed by atoms with Gasteiger partial charge in [0.1, 0.15) is 6.04 Å². The van der Waals surface area contributed by atoms with Gasteiger partial charge in [-0.05, 0) is 18.9 Å². The van der Waals surface area contributed by atoms with Crippen LogP contribution in [0.2, 0.25) is 0 Å². The van der Waals surface area contributed by atoms with Crippen LogP contribution in [0.5, 0.6) is 0 Å². The van der Waals surface area contributed by atoms with E-state index in [1.165, 1.54) is 18.2 Å². The third-order valence-corrected chi connectivity index (χ3v) is 3.86. The van der Waals surface area contributed by atoms with Crippen LogP contribution < -0.4 is 16.0 Å². The Morgan fingerprint density at radius 2 is 1.73 bits per heavy atom. The number of carbonyl (C=O) groups is 2. The van der Waals surface area contributed by atoms with Crippen LogP contribution in [0.25, 0.3) is 0 Å². The minimum atomic E-state index is -0.473. The second-order valence-electron chi connectivity index (χ2n) is 5.91. The number of quaternary nitrogens is 1. The zero-order valence-electron chi connectivity index (χ0n) is 14.1. The van der Waals surface area contributed by atoms with Crippen molar-refractivity contribution in [1.29, 1.82) is 0 Å². The van der Waals surface area contributed by atoms with E-state index in [-0.39, 0.29) is 18.0 Å². The number of nitrogens with one attached hydrogen (secondary N) is 2. The van der Waals surface area contributed by atoms with Crippen molar-refractivity contribution in [2.24, 2.45) is 5.92 Å². The van der Waals surface area contributed by atoms with Gasteiger partial charge >= 0.3 is 6.03 Å². The van der Waals surface area contributed by atoms with E-state index in [0.29, 0.717) is 5.92 Å². The van der Waals surface area contributed by atoms with Gasteiger partial charge in [0.25, 0.3) is 5.91 Å². The molecule has 5 nitrogen and oxygen atoms in total. The summed E-state index contributed by atoms with van der Waals surface area (Å²) in [5.74, 6) is 0.0953. The smallest absolute Gasteiger partial charge is 0.321 e. The lowest BCUT2D eigenvalue weighted by molar-refractivity contribution is -0.719. The Morgan fingerprint density at radius 1 is 1.14 bits per heavy atom. The van der Waals surface area contributed by atoms with E-state index >= 15 is 0 Å². The second kappa shape index (κ2) is 8.54. The molecule has 1 aromatic carbocycles. The fraction of sp³-hybridized carbons (Fsp3) is 0.529. The molecule has 3 amide bonds. The quantitative estimate of drug-likeness (QED) is 0.742. The van der Waals surface area contributed by atoms with Crippen molar-refractivity contribution in [3.63, 3.8) is 0 Å². The number of aryl methyl sites for hydroxylation is 1. The van der Waals surface area contributed by atoms with Gasteiger partial charge in [0.05, 0.1) is 0 Å². The first kappa shape index (κ1) is 18.2. The second-order valence-corrected chi connectivity index (χ2v) is 5.91. The number of nitrogens with two attached hydrogens (primary N) is 1. The number of hydrogen-bond donors (Lipinski definition) is 3. The van der Waals surface area contributed by atoms with Gasteiger partial charge in [-0.25, -0.2) is 4.79 Å². The Hall–Kier alpha value is -1.88. The molecule has 22 heavy (non-hydrogen) atoms. The lowest BCUT2D eigenvalue weighted by Crippen LogP contribution is -2.93. The molecule has 0 aliphatic heterocycles. The van der Waals surface area contributed by atoms with Crippen LogP contribution in [0.3, 0.4) is 0 Å². The molecule has 1 rings (SSSR count). The summed E-state index contributed by atoms with van der Waals surface area (Å²) in [5, 5.41) is 6.73. The number of carbonyl (C=O) groups excluding carboxylic acids is 2. The third kappa shape index (κ3) is 5.15. The summed E-state index contributed by atoms with van der Waals surface area (Å²) in [6.45, 7) is 8.22. The normalized spacial score (nSPS) is 13.5. The zero-order valence-corrected chi connectivity index (χ0v) is 14.1. The van der Waals surface area contributed by atoms with Crippen LogP contribution in [0.1, 0.15) is 44.9 Å². The minimum Gasteiger partial charge on any atom is -0.341 e. The number of urea groups is 1. The largest absolute Gasteiger partial charge is 0.341 e. The highest BCUT2D eigenvalue weighted by molar-refractivity contribution is 5.95. The average Bonchev–Trinajstić information content (AvgIpc) is 2.51. The van der Waals surface area contributed by atoms with Crippen LogP contribution in [-0.2, 0) is 11.2 Å². The third-order valence-electron chi connectivity index (χ3n) is 3.86. The standard InChI is InChI=1S/C17H27N3O2/c1-6-13-7-9-14(10-8-13)15(11(2)3)19-12(4)16(21)20-17(22)18-5/h7-12,15,19H,6H2,1-5H3,(H2,18,20,21,22)/p+1/t12-,15-/m0/s1. The molecule has 0 spiro atoms. The van der Waals surface area contributed by atoms with Gasteiger partial charge in [0, 0.05) is 18.5 Å². The van der Waals surface area contributed by atoms with E-state index in [4.69, 9.17) is 0 Å². The molecule has 0 aliphatic carbocycles. The minimum absolute atomic E-state index is 0.177. The van der Waals surface area contributed by atoms with Crippen molar-refractivity contribution < 1.29 is 14.9 Å². The highest BCUT2D eigenvalue weighted by Crippen LogP contribution is 2.18. The highest BCUT2D eigenvalue weighted by Gasteiger charge is 2.26. The summed E-state index contributed by atoms with van der Waals surface area (Å²) in [5.41, 5.74) is 2.50. The predicted molar refractivity (Wildman–Crippen MR) is 87.4 cm³/mol. The molecule has 0 heterocycles. The van der Waals surface area contributed by atoms with Crippen LogP contribution in [0.15, 0.2) is 24.3 Å². The van der Waals surface area contributed by atoms with Crippen LogP contribution >= 0.6 is 0 Å². The van der Waals surface area contributed by atoms with E-state index in [9.17, 15) is 9.59 Å². The van der Waals surface area contributed by atoms with Gasteiger partial charge in [-0.2, -0.15) is 0 Å². The molecular weight excluding hydrogens is 278 g/mol. The summed E-state index contributed by atoms with van der Waals surface area (Å²) in [4.78, 5) is 23.2. The van der Waals surface area contributed by atoms with Crippen LogP contribution in [0.4, 0.5) is 4.79 Å². The summed E-state index contributed by atoms with van der Waals surface area (Å²) in [6.07, 6.45) is 1.02. The van der Waals surface area contributed by atoms with Gasteiger partial charge in [-0.15, -0.1) is 0 Å². The first-order valence-corrected chi connectivity index (χ1v) is 7.85. The van der Waals surface area contributed by atoms with Crippen LogP contribution in [0, 0.1) is 5.92 Å². The monoisotopic (exact) mass is 306 g/mol. The maximum absolute atomic E-state index is 12.0. The topological polar surface area (TPSA) is 74.8 Å². The first-order valence-electron chi connectivity index (χ1n) is 7.85. The van der Waals surface area contributed by atoms with Gasteiger partial charge in [0.15, 0.2) is 6.04 Å². The van der Waals surface area contributed by atoms with Crippen molar-refractivity contribution in [3.8, 4) is 0 Å². The molecule has 0 saturated carbocycles. The maximum atomic E-state index is 12.0. The molecule has 0 radical (unpaired) electrons. The maximum Gasteiger partial charge on any atom is 0.321 e. The molecule has 0 bridgehead atoms. The van der Waals surface area contributed by atoms with E-state index in [2.05, 4.69) is 55.7 Å². The van der Waals surface area contributed by atoms with Crippen molar-refractivity contribution in [3.05, 3.63) is 35.4 Å². The van der Waals surface area contributed by atoms with Gasteiger partial charge in [-0.3, -0.25) is 10.1 Å². The SMILES string of the molecule is CCc1ccc([C@@H]([NH2+][C@@H](C)C(=O)NC(=O)NC)C(C)C)cc1. The first-order chi connectivity index (χ1) is 10.4. The Balaban J connectivity index is 2.78. The molecule has 0 aliphatic rings. The molecule has 1 aromatic rings. The molecular formula is C17H28N3O2+. The Morgan fingerprint density at radius 3 is 2.18 bits per heavy atom. The Labute approximate surface area is 132 Å². The Bertz CT molecular complexity index is 497. The molecule has 4 N–H and O–H groups in total. The van der Waals surface area contributed by atoms with Gasteiger partial charge < -0.3 is 10.6 Å². The van der Waals surface area contributed by atoms with Crippen molar-refractivity contribution in [2.75, 3.05) is 7.05 Å². The number of rotatable bonds is 6. The number of imide groups is 1. The molecule has 0 unspecified atom stereocenters. The fourth-order valence-electron chi connectivity index (χ4n) is 2.38. The summed E-state index contributed by atoms with van der Waals surface area (Å²) < 4.78 is 0. The van der Waals surface area contributed by atoms with Crippen molar-refractivity contribution in [2.45, 2.75) is 46.2 Å². The summed E-state index contributed by atoms with van der Waals surface area (Å²) >= 11 is 0. The van der Waals surface area contributed by atoms with E-state index in [1.807, 2.05) is 12.2 Å². The molecule has 122 valence electrons. The lowest BCUT2D eigenvalue weighted by Gasteiger charge is -2.23. The lowest BCUT2D eigenvalue weighted by atomic mass is 9.94. The predicted octanol–water partition coefficient (Wildman–Crippen LogP) is 1.35. The molecule has 0 fully saturated rings. The molecule has 0 saturated heterocycles. The van der Waals surface area contributed by atoms with E-state index < -0.39 is 6.03 Å². The fourth-order valence-corrected chi connectivity index (χ4v) is 2.38. The molecule has 5 heteroatoms. The Kier molecular flexibility index (Phi) is 7.05. The van der Waals surface area contributed by atoms with Crippen LogP contribution in [-0.4, -0.2) is 25.0 Å².